The molecule has 0 radical (unpaired) electrons. The van der Waals surface area contributed by atoms with Gasteiger partial charge in [-0.3, -0.25) is 4.79 Å². The average Bonchev–Trinajstić information content (AvgIpc) is 2.48. The van der Waals surface area contributed by atoms with Gasteiger partial charge >= 0.3 is 0 Å². The van der Waals surface area contributed by atoms with Crippen LogP contribution in [0, 0.1) is 5.41 Å². The number of carbonyl (C=O) groups is 1. The molecule has 5 heteroatoms. The molecule has 1 aliphatic rings. The van der Waals surface area contributed by atoms with Gasteiger partial charge < -0.3 is 15.4 Å². The van der Waals surface area contributed by atoms with E-state index in [1.54, 1.807) is 25.4 Å². The fourth-order valence-corrected chi connectivity index (χ4v) is 2.74. The van der Waals surface area contributed by atoms with E-state index in [1.165, 1.54) is 0 Å². The Hall–Kier alpha value is -1.62. The summed E-state index contributed by atoms with van der Waals surface area (Å²) < 4.78 is 5.42. The first-order chi connectivity index (χ1) is 10.0. The molecule has 21 heavy (non-hydrogen) atoms. The van der Waals surface area contributed by atoms with Crippen molar-refractivity contribution < 1.29 is 9.53 Å². The van der Waals surface area contributed by atoms with Gasteiger partial charge in [0.1, 0.15) is 5.82 Å². The van der Waals surface area contributed by atoms with Crippen LogP contribution in [0.25, 0.3) is 0 Å². The molecular formula is C16H25N3O2. The standard InChI is InChI=1S/C16H25N3O2/c1-5-8-17-14-11(7-6-9-18-14)15(20)19-12-10-13(21-4)16(12,2)3/h6-7,9,12-13H,5,8,10H2,1-4H3,(H,17,18)(H,19,20). The van der Waals surface area contributed by atoms with E-state index in [4.69, 9.17) is 4.74 Å². The van der Waals surface area contributed by atoms with Crippen LogP contribution in [0.1, 0.15) is 44.0 Å². The summed E-state index contributed by atoms with van der Waals surface area (Å²) in [7, 11) is 1.72. The molecule has 1 aliphatic carbocycles. The van der Waals surface area contributed by atoms with E-state index in [1.807, 2.05) is 0 Å². The van der Waals surface area contributed by atoms with E-state index in [-0.39, 0.29) is 23.5 Å². The van der Waals surface area contributed by atoms with Gasteiger partial charge in [-0.25, -0.2) is 4.98 Å². The molecule has 0 bridgehead atoms. The highest BCUT2D eigenvalue weighted by atomic mass is 16.5. The first-order valence-electron chi connectivity index (χ1n) is 7.53. The Bertz CT molecular complexity index is 502. The van der Waals surface area contributed by atoms with Gasteiger partial charge in [-0.2, -0.15) is 0 Å². The van der Waals surface area contributed by atoms with Crippen molar-refractivity contribution in [2.45, 2.75) is 45.8 Å². The number of nitrogens with one attached hydrogen (secondary N) is 2. The number of amides is 1. The van der Waals surface area contributed by atoms with Crippen molar-refractivity contribution in [3.8, 4) is 0 Å². The second-order valence-electron chi connectivity index (χ2n) is 6.13. The summed E-state index contributed by atoms with van der Waals surface area (Å²) in [5, 5.41) is 6.30. The SMILES string of the molecule is CCCNc1ncccc1C(=O)NC1CC(OC)C1(C)C. The highest BCUT2D eigenvalue weighted by Crippen LogP contribution is 2.42. The van der Waals surface area contributed by atoms with Crippen molar-refractivity contribution in [2.75, 3.05) is 19.0 Å². The molecule has 0 aliphatic heterocycles. The number of nitrogens with zero attached hydrogens (tertiary/aromatic N) is 1. The Labute approximate surface area is 126 Å². The van der Waals surface area contributed by atoms with Crippen molar-refractivity contribution in [3.63, 3.8) is 0 Å². The highest BCUT2D eigenvalue weighted by Gasteiger charge is 2.49. The maximum Gasteiger partial charge on any atom is 0.255 e. The van der Waals surface area contributed by atoms with Gasteiger partial charge in [0.2, 0.25) is 0 Å². The minimum absolute atomic E-state index is 0.0381. The van der Waals surface area contributed by atoms with E-state index >= 15 is 0 Å². The second-order valence-corrected chi connectivity index (χ2v) is 6.13. The first-order valence-corrected chi connectivity index (χ1v) is 7.53. The Morgan fingerprint density at radius 2 is 2.29 bits per heavy atom. The average molecular weight is 291 g/mol. The molecule has 0 saturated heterocycles. The van der Waals surface area contributed by atoms with Gasteiger partial charge in [-0.05, 0) is 25.0 Å². The zero-order valence-corrected chi connectivity index (χ0v) is 13.3. The Morgan fingerprint density at radius 1 is 1.52 bits per heavy atom. The van der Waals surface area contributed by atoms with Gasteiger partial charge in [-0.1, -0.05) is 20.8 Å². The van der Waals surface area contributed by atoms with Gasteiger partial charge in [0.25, 0.3) is 5.91 Å². The molecule has 2 rings (SSSR count). The van der Waals surface area contributed by atoms with Gasteiger partial charge in [-0.15, -0.1) is 0 Å². The van der Waals surface area contributed by atoms with E-state index in [2.05, 4.69) is 36.4 Å². The molecule has 2 unspecified atom stereocenters. The number of methoxy groups -OCH3 is 1. The van der Waals surface area contributed by atoms with Crippen LogP contribution >= 0.6 is 0 Å². The lowest BCUT2D eigenvalue weighted by molar-refractivity contribution is -0.0942. The molecule has 1 saturated carbocycles. The van der Waals surface area contributed by atoms with Gasteiger partial charge in [0.15, 0.2) is 0 Å². The largest absolute Gasteiger partial charge is 0.381 e. The quantitative estimate of drug-likeness (QED) is 0.845. The number of aromatic nitrogens is 1. The van der Waals surface area contributed by atoms with E-state index < -0.39 is 0 Å². The third-order valence-corrected chi connectivity index (χ3v) is 4.36. The predicted molar refractivity (Wildman–Crippen MR) is 83.5 cm³/mol. The summed E-state index contributed by atoms with van der Waals surface area (Å²) in [5.74, 6) is 0.576. The summed E-state index contributed by atoms with van der Waals surface area (Å²) in [5.41, 5.74) is 0.562. The van der Waals surface area contributed by atoms with Crippen LogP contribution in [0.4, 0.5) is 5.82 Å². The molecule has 0 spiro atoms. The lowest BCUT2D eigenvalue weighted by Crippen LogP contribution is -2.61. The number of carbonyl (C=O) groups excluding carboxylic acids is 1. The molecule has 0 aromatic carbocycles. The van der Waals surface area contributed by atoms with Crippen molar-refractivity contribution in [1.82, 2.24) is 10.3 Å². The number of ether oxygens (including phenoxy) is 1. The van der Waals surface area contributed by atoms with Crippen LogP contribution in [-0.2, 0) is 4.74 Å². The van der Waals surface area contributed by atoms with Crippen molar-refractivity contribution in [2.24, 2.45) is 5.41 Å². The van der Waals surface area contributed by atoms with Crippen LogP contribution in [0.5, 0.6) is 0 Å². The number of hydrogen-bond donors (Lipinski definition) is 2. The predicted octanol–water partition coefficient (Wildman–Crippen LogP) is 2.45. The first kappa shape index (κ1) is 15.8. The monoisotopic (exact) mass is 291 g/mol. The normalized spacial score (nSPS) is 23.2. The molecule has 5 nitrogen and oxygen atoms in total. The van der Waals surface area contributed by atoms with Crippen molar-refractivity contribution in [3.05, 3.63) is 23.9 Å². The second kappa shape index (κ2) is 6.43. The van der Waals surface area contributed by atoms with Crippen LogP contribution in [0.15, 0.2) is 18.3 Å². The third-order valence-electron chi connectivity index (χ3n) is 4.36. The lowest BCUT2D eigenvalue weighted by Gasteiger charge is -2.51. The summed E-state index contributed by atoms with van der Waals surface area (Å²) in [6.07, 6.45) is 3.74. The molecule has 1 heterocycles. The summed E-state index contributed by atoms with van der Waals surface area (Å²) in [6.45, 7) is 7.12. The molecule has 1 aromatic heterocycles. The topological polar surface area (TPSA) is 63.2 Å². The van der Waals surface area contributed by atoms with Crippen LogP contribution in [0.3, 0.4) is 0 Å². The molecule has 116 valence electrons. The van der Waals surface area contributed by atoms with Crippen LogP contribution in [0.2, 0.25) is 0 Å². The Kier molecular flexibility index (Phi) is 4.83. The van der Waals surface area contributed by atoms with E-state index in [9.17, 15) is 4.79 Å². The van der Waals surface area contributed by atoms with E-state index in [0.29, 0.717) is 11.4 Å². The maximum absolute atomic E-state index is 12.5. The number of anilines is 1. The maximum atomic E-state index is 12.5. The Morgan fingerprint density at radius 3 is 2.90 bits per heavy atom. The third kappa shape index (κ3) is 3.18. The molecule has 2 N–H and O–H groups in total. The fraction of sp³-hybridized carbons (Fsp3) is 0.625. The van der Waals surface area contributed by atoms with E-state index in [0.717, 1.165) is 19.4 Å². The molecule has 1 amide bonds. The number of rotatable bonds is 6. The smallest absolute Gasteiger partial charge is 0.255 e. The van der Waals surface area contributed by atoms with Gasteiger partial charge in [0.05, 0.1) is 11.7 Å². The zero-order valence-electron chi connectivity index (χ0n) is 13.3. The molecule has 1 fully saturated rings. The number of pyridine rings is 1. The zero-order chi connectivity index (χ0) is 15.5. The van der Waals surface area contributed by atoms with Crippen molar-refractivity contribution in [1.29, 1.82) is 0 Å². The summed E-state index contributed by atoms with van der Waals surface area (Å²) in [4.78, 5) is 16.7. The van der Waals surface area contributed by atoms with Crippen LogP contribution in [-0.4, -0.2) is 36.7 Å². The molecule has 2 atom stereocenters. The van der Waals surface area contributed by atoms with Gasteiger partial charge in [0, 0.05) is 31.3 Å². The fourth-order valence-electron chi connectivity index (χ4n) is 2.74. The Balaban J connectivity index is 2.04. The molecular weight excluding hydrogens is 266 g/mol. The summed E-state index contributed by atoms with van der Waals surface area (Å²) >= 11 is 0. The lowest BCUT2D eigenvalue weighted by atomic mass is 9.64. The minimum Gasteiger partial charge on any atom is -0.381 e. The molecule has 1 aromatic rings. The minimum atomic E-state index is -0.0747. The summed E-state index contributed by atoms with van der Waals surface area (Å²) in [6, 6.07) is 3.73. The number of hydrogen-bond acceptors (Lipinski definition) is 4. The highest BCUT2D eigenvalue weighted by molar-refractivity contribution is 5.99. The van der Waals surface area contributed by atoms with Crippen molar-refractivity contribution >= 4 is 11.7 Å². The van der Waals surface area contributed by atoms with Crippen LogP contribution < -0.4 is 10.6 Å².